The van der Waals surface area contributed by atoms with Crippen LogP contribution in [-0.2, 0) is 59.6 Å². The third kappa shape index (κ3) is 11.9. The maximum atomic E-state index is 9.76. The summed E-state index contributed by atoms with van der Waals surface area (Å²) in [4.78, 5) is 12.0. The fourth-order valence-corrected chi connectivity index (χ4v) is 6.87. The quantitative estimate of drug-likeness (QED) is 0.0476. The Morgan fingerprint density at radius 1 is 0.424 bits per heavy atom. The lowest BCUT2D eigenvalue weighted by Gasteiger charge is -2.48. The van der Waals surface area contributed by atoms with E-state index in [4.69, 9.17) is 33.2 Å². The number of azide groups is 4. The van der Waals surface area contributed by atoms with E-state index in [0.717, 1.165) is 22.3 Å². The van der Waals surface area contributed by atoms with Gasteiger partial charge in [0.05, 0.1) is 63.8 Å². The monoisotopic (exact) mass is 802 g/mol. The molecule has 19 heteroatoms. The van der Waals surface area contributed by atoms with Crippen molar-refractivity contribution < 1.29 is 33.2 Å². The van der Waals surface area contributed by atoms with Gasteiger partial charge in [0.15, 0.2) is 12.6 Å². The molecule has 6 rings (SSSR count). The molecule has 0 radical (unpaired) electrons. The van der Waals surface area contributed by atoms with E-state index in [1.165, 1.54) is 0 Å². The Bertz CT molecular complexity index is 1940. The maximum Gasteiger partial charge on any atom is 0.189 e. The van der Waals surface area contributed by atoms with Gasteiger partial charge in [0.2, 0.25) is 0 Å². The zero-order valence-corrected chi connectivity index (χ0v) is 31.8. The Labute approximate surface area is 339 Å². The van der Waals surface area contributed by atoms with Crippen molar-refractivity contribution in [1.82, 2.24) is 0 Å². The fourth-order valence-electron chi connectivity index (χ4n) is 6.87. The van der Waals surface area contributed by atoms with Crippen LogP contribution in [0.5, 0.6) is 0 Å². The Hall–Kier alpha value is -6.16. The van der Waals surface area contributed by atoms with Crippen LogP contribution in [0.15, 0.2) is 142 Å². The topological polar surface area (TPSA) is 260 Å². The Balaban J connectivity index is 1.41. The summed E-state index contributed by atoms with van der Waals surface area (Å²) in [5.74, 6) is 0. The number of hydrogen-bond donors (Lipinski definition) is 0. The molecule has 2 fully saturated rings. The zero-order valence-electron chi connectivity index (χ0n) is 31.8. The summed E-state index contributed by atoms with van der Waals surface area (Å²) in [6.45, 7) is -0.172. The molecule has 2 heterocycles. The first kappa shape index (κ1) is 42.4. The lowest BCUT2D eigenvalue weighted by molar-refractivity contribution is -0.369. The van der Waals surface area contributed by atoms with Crippen molar-refractivity contribution in [2.24, 2.45) is 20.5 Å². The second kappa shape index (κ2) is 22.7. The molecule has 0 unspecified atom stereocenters. The van der Waals surface area contributed by atoms with Crippen LogP contribution in [0.2, 0.25) is 0 Å². The highest BCUT2D eigenvalue weighted by Crippen LogP contribution is 2.36. The molecule has 0 aromatic heterocycles. The van der Waals surface area contributed by atoms with E-state index in [0.29, 0.717) is 0 Å². The van der Waals surface area contributed by atoms with Crippen molar-refractivity contribution in [3.8, 4) is 0 Å². The summed E-state index contributed by atoms with van der Waals surface area (Å²) in [5, 5.41) is 15.6. The smallest absolute Gasteiger partial charge is 0.189 e. The first-order valence-corrected chi connectivity index (χ1v) is 18.8. The molecule has 0 aliphatic carbocycles. The molecule has 304 valence electrons. The van der Waals surface area contributed by atoms with Crippen molar-refractivity contribution in [2.45, 2.75) is 87.7 Å². The van der Waals surface area contributed by atoms with Crippen LogP contribution >= 0.6 is 0 Å². The van der Waals surface area contributed by atoms with Gasteiger partial charge in [-0.05, 0) is 44.4 Å². The zero-order chi connectivity index (χ0) is 41.1. The first-order valence-electron chi connectivity index (χ1n) is 18.8. The van der Waals surface area contributed by atoms with Gasteiger partial charge in [0.1, 0.15) is 24.4 Å². The molecule has 0 saturated carbocycles. The minimum absolute atomic E-state index is 0.0741. The summed E-state index contributed by atoms with van der Waals surface area (Å²) in [7, 11) is 0. The number of rotatable bonds is 20. The normalized spacial score (nSPS) is 26.2. The molecule has 0 bridgehead atoms. The predicted molar refractivity (Wildman–Crippen MR) is 212 cm³/mol. The minimum Gasteiger partial charge on any atom is -0.370 e. The van der Waals surface area contributed by atoms with Crippen LogP contribution in [0.4, 0.5) is 0 Å². The number of hydrogen-bond acceptors (Lipinski definition) is 11. The Kier molecular flexibility index (Phi) is 16.3. The van der Waals surface area contributed by atoms with Gasteiger partial charge in [-0.3, -0.25) is 0 Å². The van der Waals surface area contributed by atoms with Crippen molar-refractivity contribution >= 4 is 0 Å². The molecule has 4 aromatic carbocycles. The van der Waals surface area contributed by atoms with Crippen molar-refractivity contribution in [3.05, 3.63) is 185 Å². The van der Waals surface area contributed by atoms with E-state index in [1.807, 2.05) is 121 Å². The maximum absolute atomic E-state index is 9.76. The Morgan fingerprint density at radius 3 is 1.02 bits per heavy atom. The summed E-state index contributed by atoms with van der Waals surface area (Å²) < 4.78 is 46.0. The summed E-state index contributed by atoms with van der Waals surface area (Å²) >= 11 is 0. The second-order valence-electron chi connectivity index (χ2n) is 13.5. The molecule has 2 aliphatic heterocycles. The van der Waals surface area contributed by atoms with Crippen molar-refractivity contribution in [2.75, 3.05) is 13.1 Å². The number of benzene rings is 4. The Morgan fingerprint density at radius 2 is 0.729 bits per heavy atom. The molecule has 2 saturated heterocycles. The van der Waals surface area contributed by atoms with Crippen LogP contribution in [0.25, 0.3) is 41.8 Å². The lowest BCUT2D eigenvalue weighted by atomic mass is 9.94. The second-order valence-corrected chi connectivity index (χ2v) is 13.5. The van der Waals surface area contributed by atoms with Gasteiger partial charge in [0.25, 0.3) is 0 Å². The molecular formula is C40H42N12O7. The van der Waals surface area contributed by atoms with Crippen molar-refractivity contribution in [1.29, 1.82) is 0 Å². The van der Waals surface area contributed by atoms with Gasteiger partial charge in [-0.15, -0.1) is 0 Å². The van der Waals surface area contributed by atoms with Gasteiger partial charge >= 0.3 is 0 Å². The van der Waals surface area contributed by atoms with Gasteiger partial charge in [-0.25, -0.2) is 0 Å². The first-order chi connectivity index (χ1) is 29.1. The van der Waals surface area contributed by atoms with Crippen LogP contribution in [-0.4, -0.2) is 74.4 Å². The molecule has 2 aliphatic rings. The minimum atomic E-state index is -1.35. The molecule has 19 nitrogen and oxygen atoms in total. The standard InChI is InChI=1S/C40H42N12O7/c41-49-45-21-31-33(47-51-43)35(53-23-27-13-5-1-6-14-27)37(55-25-29-17-9-3-10-18-29)39(57-31)59-40-38(56-26-30-19-11-4-12-20-30)36(54-24-28-15-7-2-8-16-28)34(48-52-44)32(58-40)22-46-50-42/h1-20,31-40H,21-26H2/t31-,32-,33-,34-,35+,36+,37-,38-,39-,40-/m1/s1. The molecule has 0 amide bonds. The highest BCUT2D eigenvalue weighted by molar-refractivity contribution is 5.17. The molecule has 10 atom stereocenters. The summed E-state index contributed by atoms with van der Waals surface area (Å²) in [5.41, 5.74) is 41.5. The predicted octanol–water partition coefficient (Wildman–Crippen LogP) is 8.77. The van der Waals surface area contributed by atoms with Gasteiger partial charge in [-0.2, -0.15) is 0 Å². The van der Waals surface area contributed by atoms with Gasteiger partial charge < -0.3 is 33.2 Å². The van der Waals surface area contributed by atoms with E-state index < -0.39 is 61.3 Å². The van der Waals surface area contributed by atoms with Crippen LogP contribution in [0, 0.1) is 0 Å². The third-order valence-electron chi connectivity index (χ3n) is 9.67. The fraction of sp³-hybridized carbons (Fsp3) is 0.400. The van der Waals surface area contributed by atoms with Gasteiger partial charge in [0, 0.05) is 19.6 Å². The molecular weight excluding hydrogens is 761 g/mol. The highest BCUT2D eigenvalue weighted by Gasteiger charge is 2.53. The van der Waals surface area contributed by atoms with E-state index >= 15 is 0 Å². The number of nitrogens with zero attached hydrogens (tertiary/aromatic N) is 12. The highest BCUT2D eigenvalue weighted by atomic mass is 16.8. The van der Waals surface area contributed by atoms with Crippen LogP contribution in [0.3, 0.4) is 0 Å². The average molecular weight is 803 g/mol. The average Bonchev–Trinajstić information content (AvgIpc) is 3.28. The van der Waals surface area contributed by atoms with E-state index in [9.17, 15) is 22.1 Å². The van der Waals surface area contributed by atoms with Gasteiger partial charge in [-0.1, -0.05) is 142 Å². The van der Waals surface area contributed by atoms with Crippen molar-refractivity contribution in [3.63, 3.8) is 0 Å². The number of ether oxygens (including phenoxy) is 7. The van der Waals surface area contributed by atoms with Crippen LogP contribution in [0.1, 0.15) is 22.3 Å². The van der Waals surface area contributed by atoms with Crippen LogP contribution < -0.4 is 0 Å². The van der Waals surface area contributed by atoms with E-state index in [-0.39, 0.29) is 39.5 Å². The molecule has 0 N–H and O–H groups in total. The van der Waals surface area contributed by atoms with E-state index in [2.05, 4.69) is 40.1 Å². The SMILES string of the molecule is [N-]=[N+]=NC[C@H]1O[C@H](O[C@H]2O[C@H](CN=[N+]=[N-])[C@@H](N=[N+]=[N-])[C@H](OCc3ccccc3)[C@H]2OCc2ccccc2)[C@H](OCc2ccccc2)[C@@H](OCc2ccccc2)[C@@H]1N=[N+]=[N-]. The molecule has 0 spiro atoms. The lowest BCUT2D eigenvalue weighted by Crippen LogP contribution is -2.64. The largest absolute Gasteiger partial charge is 0.370 e. The molecule has 59 heavy (non-hydrogen) atoms. The molecule has 4 aromatic rings. The third-order valence-corrected chi connectivity index (χ3v) is 9.67. The summed E-state index contributed by atoms with van der Waals surface area (Å²) in [6.07, 6.45) is -8.99. The summed E-state index contributed by atoms with van der Waals surface area (Å²) in [6, 6.07) is 35.5. The van der Waals surface area contributed by atoms with E-state index in [1.54, 1.807) is 0 Å².